The van der Waals surface area contributed by atoms with E-state index in [4.69, 9.17) is 5.73 Å². The van der Waals surface area contributed by atoms with Gasteiger partial charge >= 0.3 is 0 Å². The van der Waals surface area contributed by atoms with E-state index in [9.17, 15) is 4.79 Å². The Hall–Kier alpha value is -0.570. The van der Waals surface area contributed by atoms with Crippen LogP contribution in [-0.2, 0) is 4.79 Å². The van der Waals surface area contributed by atoms with Gasteiger partial charge in [-0.15, -0.1) is 0 Å². The quantitative estimate of drug-likeness (QED) is 0.820. The maximum absolute atomic E-state index is 12.3. The molecule has 3 heteroatoms. The van der Waals surface area contributed by atoms with Crippen molar-refractivity contribution < 1.29 is 4.79 Å². The summed E-state index contributed by atoms with van der Waals surface area (Å²) in [5, 5.41) is 0. The SMILES string of the molecule is CCC(C)[C@H](N)C(=O)N1CCC(CC)(CC)CC1. The summed E-state index contributed by atoms with van der Waals surface area (Å²) in [6.07, 6.45) is 5.69. The van der Waals surface area contributed by atoms with Gasteiger partial charge in [0.1, 0.15) is 0 Å². The number of carbonyl (C=O) groups excluding carboxylic acids is 1. The van der Waals surface area contributed by atoms with Crippen LogP contribution in [0, 0.1) is 11.3 Å². The van der Waals surface area contributed by atoms with Crippen molar-refractivity contribution in [3.8, 4) is 0 Å². The Morgan fingerprint density at radius 2 is 1.72 bits per heavy atom. The van der Waals surface area contributed by atoms with E-state index < -0.39 is 0 Å². The number of rotatable bonds is 5. The summed E-state index contributed by atoms with van der Waals surface area (Å²) in [4.78, 5) is 14.3. The molecule has 1 saturated heterocycles. The third-order valence-corrected chi connectivity index (χ3v) is 5.18. The average molecular weight is 254 g/mol. The number of carbonyl (C=O) groups is 1. The molecule has 0 spiro atoms. The molecule has 2 N–H and O–H groups in total. The van der Waals surface area contributed by atoms with Crippen molar-refractivity contribution in [2.24, 2.45) is 17.1 Å². The highest BCUT2D eigenvalue weighted by molar-refractivity contribution is 5.82. The van der Waals surface area contributed by atoms with Crippen molar-refractivity contribution in [1.82, 2.24) is 4.90 Å². The zero-order valence-corrected chi connectivity index (χ0v) is 12.5. The first kappa shape index (κ1) is 15.5. The largest absolute Gasteiger partial charge is 0.341 e. The summed E-state index contributed by atoms with van der Waals surface area (Å²) < 4.78 is 0. The van der Waals surface area contributed by atoms with E-state index in [1.807, 2.05) is 4.90 Å². The van der Waals surface area contributed by atoms with E-state index >= 15 is 0 Å². The average Bonchev–Trinajstić information content (AvgIpc) is 2.44. The van der Waals surface area contributed by atoms with Crippen LogP contribution >= 0.6 is 0 Å². The van der Waals surface area contributed by atoms with Gasteiger partial charge in [-0.2, -0.15) is 0 Å². The summed E-state index contributed by atoms with van der Waals surface area (Å²) >= 11 is 0. The maximum atomic E-state index is 12.3. The molecular formula is C15H30N2O. The van der Waals surface area contributed by atoms with E-state index in [1.54, 1.807) is 0 Å². The van der Waals surface area contributed by atoms with Crippen LogP contribution in [0.25, 0.3) is 0 Å². The first-order valence-corrected chi connectivity index (χ1v) is 7.54. The minimum atomic E-state index is -0.314. The highest BCUT2D eigenvalue weighted by atomic mass is 16.2. The normalized spacial score (nSPS) is 22.6. The second-order valence-corrected chi connectivity index (χ2v) is 5.94. The van der Waals surface area contributed by atoms with Crippen LogP contribution in [0.2, 0.25) is 0 Å². The summed E-state index contributed by atoms with van der Waals surface area (Å²) in [5.41, 5.74) is 6.51. The lowest BCUT2D eigenvalue weighted by Gasteiger charge is -2.42. The molecular weight excluding hydrogens is 224 g/mol. The topological polar surface area (TPSA) is 46.3 Å². The second-order valence-electron chi connectivity index (χ2n) is 5.94. The fraction of sp³-hybridized carbons (Fsp3) is 0.933. The number of amides is 1. The summed E-state index contributed by atoms with van der Waals surface area (Å²) in [7, 11) is 0. The smallest absolute Gasteiger partial charge is 0.239 e. The summed E-state index contributed by atoms with van der Waals surface area (Å²) in [6, 6.07) is -0.314. The number of nitrogens with two attached hydrogens (primary N) is 1. The Morgan fingerprint density at radius 3 is 2.11 bits per heavy atom. The van der Waals surface area contributed by atoms with E-state index in [0.29, 0.717) is 5.41 Å². The predicted molar refractivity (Wildman–Crippen MR) is 76.3 cm³/mol. The van der Waals surface area contributed by atoms with Crippen LogP contribution in [0.3, 0.4) is 0 Å². The summed E-state index contributed by atoms with van der Waals surface area (Å²) in [6.45, 7) is 10.5. The molecule has 1 fully saturated rings. The molecule has 0 aromatic heterocycles. The van der Waals surface area contributed by atoms with Gasteiger partial charge in [-0.05, 0) is 24.2 Å². The first-order valence-electron chi connectivity index (χ1n) is 7.54. The Labute approximate surface area is 112 Å². The van der Waals surface area contributed by atoms with Gasteiger partial charge in [0.15, 0.2) is 0 Å². The zero-order valence-electron chi connectivity index (χ0n) is 12.5. The lowest BCUT2D eigenvalue weighted by atomic mass is 9.74. The molecule has 2 atom stereocenters. The van der Waals surface area contributed by atoms with Gasteiger partial charge in [0.2, 0.25) is 5.91 Å². The third-order valence-electron chi connectivity index (χ3n) is 5.18. The highest BCUT2D eigenvalue weighted by Crippen LogP contribution is 2.38. The number of hydrogen-bond donors (Lipinski definition) is 1. The van der Waals surface area contributed by atoms with Crippen LogP contribution in [0.15, 0.2) is 0 Å². The third kappa shape index (κ3) is 3.25. The van der Waals surface area contributed by atoms with Crippen molar-refractivity contribution in [2.75, 3.05) is 13.1 Å². The lowest BCUT2D eigenvalue weighted by molar-refractivity contribution is -0.136. The standard InChI is InChI=1S/C15H30N2O/c1-5-12(4)13(16)14(18)17-10-8-15(6-2,7-3)9-11-17/h12-13H,5-11,16H2,1-4H3/t12?,13-/m0/s1. The van der Waals surface area contributed by atoms with Crippen LogP contribution in [0.4, 0.5) is 0 Å². The molecule has 0 bridgehead atoms. The molecule has 106 valence electrons. The molecule has 0 aliphatic carbocycles. The molecule has 1 aliphatic heterocycles. The number of likely N-dealkylation sites (tertiary alicyclic amines) is 1. The van der Waals surface area contributed by atoms with Gasteiger partial charge in [0.05, 0.1) is 6.04 Å². The van der Waals surface area contributed by atoms with Crippen molar-refractivity contribution in [3.63, 3.8) is 0 Å². The monoisotopic (exact) mass is 254 g/mol. The van der Waals surface area contributed by atoms with Gasteiger partial charge in [-0.3, -0.25) is 4.79 Å². The van der Waals surface area contributed by atoms with Crippen molar-refractivity contribution in [2.45, 2.75) is 65.8 Å². The molecule has 3 nitrogen and oxygen atoms in total. The molecule has 1 aliphatic rings. The van der Waals surface area contributed by atoms with Crippen molar-refractivity contribution in [3.05, 3.63) is 0 Å². The fourth-order valence-corrected chi connectivity index (χ4v) is 2.87. The first-order chi connectivity index (χ1) is 8.49. The molecule has 0 radical (unpaired) electrons. The van der Waals surface area contributed by atoms with Gasteiger partial charge in [0, 0.05) is 13.1 Å². The van der Waals surface area contributed by atoms with Crippen molar-refractivity contribution >= 4 is 5.91 Å². The Balaban J connectivity index is 2.55. The van der Waals surface area contributed by atoms with Crippen LogP contribution < -0.4 is 5.73 Å². The lowest BCUT2D eigenvalue weighted by Crippen LogP contribution is -2.51. The van der Waals surface area contributed by atoms with Gasteiger partial charge in [0.25, 0.3) is 0 Å². The molecule has 1 unspecified atom stereocenters. The van der Waals surface area contributed by atoms with Gasteiger partial charge in [-0.1, -0.05) is 47.0 Å². The Bertz CT molecular complexity index is 264. The summed E-state index contributed by atoms with van der Waals surface area (Å²) in [5.74, 6) is 0.437. The van der Waals surface area contributed by atoms with E-state index in [1.165, 1.54) is 12.8 Å². The number of piperidine rings is 1. The fourth-order valence-electron chi connectivity index (χ4n) is 2.87. The Kier molecular flexibility index (Phi) is 5.64. The van der Waals surface area contributed by atoms with Gasteiger partial charge in [-0.25, -0.2) is 0 Å². The predicted octanol–water partition coefficient (Wildman–Crippen LogP) is 2.79. The van der Waals surface area contributed by atoms with E-state index in [-0.39, 0.29) is 17.9 Å². The zero-order chi connectivity index (χ0) is 13.8. The number of nitrogens with zero attached hydrogens (tertiary/aromatic N) is 1. The molecule has 1 heterocycles. The second kappa shape index (κ2) is 6.55. The van der Waals surface area contributed by atoms with Crippen LogP contribution in [-0.4, -0.2) is 29.9 Å². The molecule has 0 aromatic carbocycles. The van der Waals surface area contributed by atoms with E-state index in [0.717, 1.165) is 32.4 Å². The van der Waals surface area contributed by atoms with Crippen LogP contribution in [0.5, 0.6) is 0 Å². The molecule has 1 rings (SSSR count). The van der Waals surface area contributed by atoms with Crippen molar-refractivity contribution in [1.29, 1.82) is 0 Å². The number of hydrogen-bond acceptors (Lipinski definition) is 2. The molecule has 0 aromatic rings. The molecule has 0 saturated carbocycles. The Morgan fingerprint density at radius 1 is 1.22 bits per heavy atom. The minimum Gasteiger partial charge on any atom is -0.341 e. The maximum Gasteiger partial charge on any atom is 0.239 e. The van der Waals surface area contributed by atoms with Crippen LogP contribution in [0.1, 0.15) is 59.8 Å². The van der Waals surface area contributed by atoms with E-state index in [2.05, 4.69) is 27.7 Å². The highest BCUT2D eigenvalue weighted by Gasteiger charge is 2.34. The minimum absolute atomic E-state index is 0.158. The van der Waals surface area contributed by atoms with Gasteiger partial charge < -0.3 is 10.6 Å². The molecule has 18 heavy (non-hydrogen) atoms. The molecule has 1 amide bonds.